The molecule has 4 N–H and O–H groups in total. The molecule has 2 aromatic heterocycles. The number of piperazine rings is 1. The second-order valence-electron chi connectivity index (χ2n) is 16.1. The number of nitrogens with zero attached hydrogens (tertiary/aromatic N) is 5. The molecule has 4 heterocycles. The van der Waals surface area contributed by atoms with Crippen molar-refractivity contribution in [3.63, 3.8) is 0 Å². The molecular weight excluding hydrogens is 848 g/mol. The summed E-state index contributed by atoms with van der Waals surface area (Å²) >= 11 is 0. The molecule has 0 unspecified atom stereocenters. The van der Waals surface area contributed by atoms with E-state index in [0.29, 0.717) is 41.2 Å². The Morgan fingerprint density at radius 3 is 2.36 bits per heavy atom. The number of rotatable bonds is 16. The number of aromatic amines is 1. The summed E-state index contributed by atoms with van der Waals surface area (Å²) in [6.07, 6.45) is 1.15. The molecular formula is C49H49FN8O8. The van der Waals surface area contributed by atoms with Crippen LogP contribution in [0.2, 0.25) is 0 Å². The molecule has 0 spiro atoms. The maximum Gasteiger partial charge on any atom is 0.410 e. The van der Waals surface area contributed by atoms with E-state index in [4.69, 9.17) is 19.9 Å². The van der Waals surface area contributed by atoms with Crippen molar-refractivity contribution in [1.29, 1.82) is 0 Å². The summed E-state index contributed by atoms with van der Waals surface area (Å²) in [5, 5.41) is 10.6. The minimum absolute atomic E-state index is 0.00576. The van der Waals surface area contributed by atoms with Crippen LogP contribution in [0.1, 0.15) is 49.1 Å². The molecule has 6 aromatic rings. The highest BCUT2D eigenvalue weighted by Gasteiger charge is 2.29. The molecule has 0 aliphatic carbocycles. The first-order valence-corrected chi connectivity index (χ1v) is 21.7. The predicted octanol–water partition coefficient (Wildman–Crippen LogP) is 4.78. The minimum atomic E-state index is -0.716. The number of hydrogen-bond acceptors (Lipinski definition) is 11. The topological polar surface area (TPSA) is 202 Å². The van der Waals surface area contributed by atoms with Crippen molar-refractivity contribution in [2.75, 3.05) is 78.0 Å². The number of carbonyl (C=O) groups excluding carboxylic acids is 4. The summed E-state index contributed by atoms with van der Waals surface area (Å²) in [5.74, 6) is -1.66. The van der Waals surface area contributed by atoms with Gasteiger partial charge in [-0.15, -0.1) is 0 Å². The maximum atomic E-state index is 15.1. The van der Waals surface area contributed by atoms with Crippen molar-refractivity contribution in [3.8, 4) is 11.1 Å². The van der Waals surface area contributed by atoms with Crippen LogP contribution in [-0.4, -0.2) is 126 Å². The van der Waals surface area contributed by atoms with Gasteiger partial charge >= 0.3 is 6.09 Å². The molecule has 0 atom stereocenters. The number of aromatic nitrogens is 3. The van der Waals surface area contributed by atoms with Crippen molar-refractivity contribution >= 4 is 40.3 Å². The van der Waals surface area contributed by atoms with Gasteiger partial charge in [0.15, 0.2) is 5.69 Å². The molecule has 17 heteroatoms. The van der Waals surface area contributed by atoms with Crippen LogP contribution in [0.5, 0.6) is 0 Å². The van der Waals surface area contributed by atoms with Crippen LogP contribution in [0.3, 0.4) is 0 Å². The average Bonchev–Trinajstić information content (AvgIpc) is 3.32. The van der Waals surface area contributed by atoms with Crippen molar-refractivity contribution in [1.82, 2.24) is 35.2 Å². The molecule has 2 saturated heterocycles. The molecule has 0 saturated carbocycles. The van der Waals surface area contributed by atoms with Crippen molar-refractivity contribution in [2.45, 2.75) is 18.9 Å². The molecule has 340 valence electrons. The molecule has 4 aromatic carbocycles. The lowest BCUT2D eigenvalue weighted by Gasteiger charge is -2.36. The van der Waals surface area contributed by atoms with Gasteiger partial charge in [-0.3, -0.25) is 24.1 Å². The van der Waals surface area contributed by atoms with Crippen molar-refractivity contribution in [3.05, 3.63) is 159 Å². The van der Waals surface area contributed by atoms with Crippen LogP contribution < -0.4 is 16.6 Å². The van der Waals surface area contributed by atoms with Gasteiger partial charge in [0.05, 0.1) is 48.8 Å². The van der Waals surface area contributed by atoms with Crippen LogP contribution in [0.25, 0.3) is 21.9 Å². The van der Waals surface area contributed by atoms with E-state index in [1.54, 1.807) is 47.5 Å². The van der Waals surface area contributed by atoms with Crippen LogP contribution in [0.4, 0.5) is 14.9 Å². The summed E-state index contributed by atoms with van der Waals surface area (Å²) in [5.41, 5.74) is 11.0. The molecule has 2 aliphatic rings. The fourth-order valence-electron chi connectivity index (χ4n) is 7.81. The number of H-pyrrole nitrogens is 1. The molecule has 8 rings (SSSR count). The minimum Gasteiger partial charge on any atom is -0.445 e. The molecule has 2 aliphatic heterocycles. The first-order chi connectivity index (χ1) is 32.1. The maximum absolute atomic E-state index is 15.1. The number of carbonyl (C=O) groups is 4. The number of ether oxygens (including phenoxy) is 3. The van der Waals surface area contributed by atoms with Crippen LogP contribution >= 0.6 is 0 Å². The molecule has 16 nitrogen and oxygen atoms in total. The van der Waals surface area contributed by atoms with Gasteiger partial charge in [-0.25, -0.2) is 19.3 Å². The zero-order chi connectivity index (χ0) is 46.0. The quantitative estimate of drug-likeness (QED) is 0.113. The zero-order valence-electron chi connectivity index (χ0n) is 36.1. The Labute approximate surface area is 379 Å². The molecule has 0 bridgehead atoms. The summed E-state index contributed by atoms with van der Waals surface area (Å²) in [4.78, 5) is 74.5. The lowest BCUT2D eigenvalue weighted by molar-refractivity contribution is -0.133. The van der Waals surface area contributed by atoms with E-state index in [2.05, 4.69) is 32.6 Å². The van der Waals surface area contributed by atoms with Gasteiger partial charge < -0.3 is 35.1 Å². The zero-order valence-corrected chi connectivity index (χ0v) is 36.1. The number of benzene rings is 4. The lowest BCUT2D eigenvalue weighted by Crippen LogP contribution is -2.53. The first kappa shape index (κ1) is 45.1. The Balaban J connectivity index is 0.822. The standard InChI is InChI=1S/C49H49FN8O8/c50-41-14-13-33(24-43-38-11-4-5-12-39(38)46(60)55-54-43)23-40(41)48(62)57-18-16-56(17-19-57)44(59)28-58(49(63)66-29-32-7-2-1-3-8-32)20-22-64-21-15-52-47(61)45-42(51)26-36(27-53-45)34-9-6-10-35(25-34)37-30-65-31-37/h1-14,23,25-27,37H,15-22,24,28-31,51H2,(H,52,61)(H,55,60). The van der Waals surface area contributed by atoms with E-state index in [-0.39, 0.29) is 100 Å². The third-order valence-electron chi connectivity index (χ3n) is 11.6. The van der Waals surface area contributed by atoms with Gasteiger partial charge in [0.2, 0.25) is 5.91 Å². The second-order valence-corrected chi connectivity index (χ2v) is 16.1. The summed E-state index contributed by atoms with van der Waals surface area (Å²) in [7, 11) is 0. The first-order valence-electron chi connectivity index (χ1n) is 21.7. The van der Waals surface area contributed by atoms with Gasteiger partial charge in [-0.1, -0.05) is 78.9 Å². The number of nitrogens with one attached hydrogen (secondary N) is 2. The number of hydrogen-bond donors (Lipinski definition) is 3. The van der Waals surface area contributed by atoms with E-state index in [9.17, 15) is 24.0 Å². The smallest absolute Gasteiger partial charge is 0.410 e. The normalized spacial score (nSPS) is 13.8. The SMILES string of the molecule is Nc1cc(-c2cccc(C3COC3)c2)cnc1C(=O)NCCOCCN(CC(=O)N1CCN(C(=O)c2cc(Cc3n[nH]c(=O)c4ccccc34)ccc2F)CC1)C(=O)OCc1ccccc1. The largest absolute Gasteiger partial charge is 0.445 e. The Kier molecular flexibility index (Phi) is 14.3. The van der Waals surface area contributed by atoms with Crippen LogP contribution in [0.15, 0.2) is 114 Å². The number of nitrogen functional groups attached to an aromatic ring is 1. The van der Waals surface area contributed by atoms with Crippen molar-refractivity contribution in [2.24, 2.45) is 0 Å². The van der Waals surface area contributed by atoms with E-state index >= 15 is 4.39 Å². The van der Waals surface area contributed by atoms with Gasteiger partial charge in [0.1, 0.15) is 19.0 Å². The average molecular weight is 897 g/mol. The Hall–Kier alpha value is -7.50. The number of fused-ring (bicyclic) bond motifs is 1. The molecule has 66 heavy (non-hydrogen) atoms. The number of anilines is 1. The fraction of sp³-hybridized carbons (Fsp3) is 0.286. The summed E-state index contributed by atoms with van der Waals surface area (Å²) < 4.78 is 31.8. The summed E-state index contributed by atoms with van der Waals surface area (Å²) in [6.45, 7) is 1.95. The highest BCUT2D eigenvalue weighted by Crippen LogP contribution is 2.29. The fourth-order valence-corrected chi connectivity index (χ4v) is 7.81. The lowest BCUT2D eigenvalue weighted by atomic mass is 9.94. The van der Waals surface area contributed by atoms with E-state index < -0.39 is 23.7 Å². The third-order valence-corrected chi connectivity index (χ3v) is 11.6. The van der Waals surface area contributed by atoms with Gasteiger partial charge in [-0.2, -0.15) is 5.10 Å². The summed E-state index contributed by atoms with van der Waals surface area (Å²) in [6, 6.07) is 30.3. The highest BCUT2D eigenvalue weighted by molar-refractivity contribution is 5.98. The van der Waals surface area contributed by atoms with Crippen LogP contribution in [0, 0.1) is 5.82 Å². The number of nitrogens with two attached hydrogens (primary N) is 1. The van der Waals surface area contributed by atoms with Gasteiger partial charge in [-0.05, 0) is 46.5 Å². The predicted molar refractivity (Wildman–Crippen MR) is 243 cm³/mol. The van der Waals surface area contributed by atoms with Gasteiger partial charge in [0.25, 0.3) is 17.4 Å². The molecule has 4 amide bonds. The van der Waals surface area contributed by atoms with E-state index in [0.717, 1.165) is 16.7 Å². The molecule has 0 radical (unpaired) electrons. The highest BCUT2D eigenvalue weighted by atomic mass is 19.1. The van der Waals surface area contributed by atoms with E-state index in [1.165, 1.54) is 27.5 Å². The molecule has 2 fully saturated rings. The third kappa shape index (κ3) is 10.9. The van der Waals surface area contributed by atoms with Gasteiger partial charge in [0, 0.05) is 68.8 Å². The Bertz CT molecular complexity index is 2780. The number of halogens is 1. The van der Waals surface area contributed by atoms with E-state index in [1.807, 2.05) is 42.5 Å². The Morgan fingerprint density at radius 1 is 0.848 bits per heavy atom. The number of pyridine rings is 1. The van der Waals surface area contributed by atoms with Crippen molar-refractivity contribution < 1.29 is 37.8 Å². The number of amides is 4. The Morgan fingerprint density at radius 2 is 1.61 bits per heavy atom. The van der Waals surface area contributed by atoms with Crippen LogP contribution in [-0.2, 0) is 32.0 Å². The monoisotopic (exact) mass is 896 g/mol. The second kappa shape index (κ2) is 21.0.